The van der Waals surface area contributed by atoms with Crippen LogP contribution < -0.4 is 4.72 Å². The monoisotopic (exact) mass is 472 g/mol. The quantitative estimate of drug-likeness (QED) is 0.468. The number of sulfonamides is 1. The van der Waals surface area contributed by atoms with Crippen molar-refractivity contribution in [3.8, 4) is 5.82 Å². The number of aryl methyl sites for hydroxylation is 3. The van der Waals surface area contributed by atoms with E-state index in [4.69, 9.17) is 16.3 Å². The van der Waals surface area contributed by atoms with E-state index in [0.29, 0.717) is 22.1 Å². The lowest BCUT2D eigenvalue weighted by atomic mass is 10.2. The second-order valence-corrected chi connectivity index (χ2v) is 9.51. The van der Waals surface area contributed by atoms with Gasteiger partial charge in [0.25, 0.3) is 10.0 Å². The number of halogens is 1. The summed E-state index contributed by atoms with van der Waals surface area (Å²) in [5.41, 5.74) is 3.13. The molecular weight excluding hydrogens is 452 g/mol. The first-order valence-corrected chi connectivity index (χ1v) is 11.6. The van der Waals surface area contributed by atoms with Crippen molar-refractivity contribution in [2.24, 2.45) is 7.05 Å². The molecule has 0 aliphatic rings. The van der Waals surface area contributed by atoms with Crippen LogP contribution in [-0.2, 0) is 28.4 Å². The number of ether oxygens (including phenoxy) is 1. The largest absolute Gasteiger partial charge is 0.444 e. The molecule has 4 aromatic rings. The maximum absolute atomic E-state index is 12.4. The lowest BCUT2D eigenvalue weighted by Crippen LogP contribution is -2.31. The van der Waals surface area contributed by atoms with E-state index in [1.165, 1.54) is 12.1 Å². The Morgan fingerprint density at radius 1 is 1.12 bits per heavy atom. The Labute approximate surface area is 190 Å². The molecule has 2 aromatic carbocycles. The molecule has 0 unspecified atom stereocenters. The van der Waals surface area contributed by atoms with Crippen molar-refractivity contribution in [3.63, 3.8) is 0 Å². The molecule has 1 amide bonds. The Morgan fingerprint density at radius 3 is 2.56 bits per heavy atom. The molecule has 0 radical (unpaired) electrons. The van der Waals surface area contributed by atoms with Crippen LogP contribution in [0.4, 0.5) is 4.79 Å². The van der Waals surface area contributed by atoms with Crippen molar-refractivity contribution in [3.05, 3.63) is 76.6 Å². The molecular formula is C22H21ClN4O4S. The van der Waals surface area contributed by atoms with E-state index in [1.807, 2.05) is 40.6 Å². The Hall–Kier alpha value is -3.30. The maximum atomic E-state index is 12.4. The highest BCUT2D eigenvalue weighted by molar-refractivity contribution is 7.90. The molecule has 0 aliphatic carbocycles. The number of fused-ring (bicyclic) bond motifs is 1. The highest BCUT2D eigenvalue weighted by Gasteiger charge is 2.21. The summed E-state index contributed by atoms with van der Waals surface area (Å²) < 4.78 is 35.6. The van der Waals surface area contributed by atoms with Gasteiger partial charge in [-0.1, -0.05) is 29.3 Å². The van der Waals surface area contributed by atoms with E-state index in [1.54, 1.807) is 36.9 Å². The molecule has 32 heavy (non-hydrogen) atoms. The molecule has 10 heteroatoms. The van der Waals surface area contributed by atoms with E-state index in [0.717, 1.165) is 16.5 Å². The van der Waals surface area contributed by atoms with Crippen molar-refractivity contribution in [1.82, 2.24) is 19.1 Å². The summed E-state index contributed by atoms with van der Waals surface area (Å²) in [5.74, 6) is 0.703. The molecule has 2 heterocycles. The van der Waals surface area contributed by atoms with Gasteiger partial charge < -0.3 is 9.30 Å². The number of benzene rings is 2. The van der Waals surface area contributed by atoms with E-state index in [-0.39, 0.29) is 11.5 Å². The summed E-state index contributed by atoms with van der Waals surface area (Å²) >= 11 is 6.09. The summed E-state index contributed by atoms with van der Waals surface area (Å²) in [6.45, 7) is 3.48. The Bertz CT molecular complexity index is 1420. The SMILES string of the molecule is Cc1ccc(S(=O)(=O)NC(=O)OCc2c(C)nn(C)c2-n2ccc3cc(Cl)ccc32)cc1. The third kappa shape index (κ3) is 4.21. The number of carbonyl (C=O) groups excluding carboxylic acids is 1. The normalized spacial score (nSPS) is 11.6. The van der Waals surface area contributed by atoms with Crippen molar-refractivity contribution in [2.75, 3.05) is 0 Å². The van der Waals surface area contributed by atoms with Crippen molar-refractivity contribution < 1.29 is 17.9 Å². The molecule has 0 atom stereocenters. The van der Waals surface area contributed by atoms with Crippen LogP contribution in [0.2, 0.25) is 5.02 Å². The van der Waals surface area contributed by atoms with Gasteiger partial charge in [-0.15, -0.1) is 0 Å². The van der Waals surface area contributed by atoms with Crippen molar-refractivity contribution >= 4 is 38.6 Å². The summed E-state index contributed by atoms with van der Waals surface area (Å²) in [6.07, 6.45) is 0.812. The van der Waals surface area contributed by atoms with Crippen LogP contribution in [-0.4, -0.2) is 28.9 Å². The number of amides is 1. The molecule has 0 fully saturated rings. The molecule has 4 rings (SSSR count). The molecule has 0 bridgehead atoms. The topological polar surface area (TPSA) is 95.2 Å². The first-order chi connectivity index (χ1) is 15.2. The molecule has 0 saturated heterocycles. The molecule has 0 aliphatic heterocycles. The first-order valence-electron chi connectivity index (χ1n) is 9.71. The molecule has 8 nitrogen and oxygen atoms in total. The zero-order valence-corrected chi connectivity index (χ0v) is 19.2. The average Bonchev–Trinajstić information content (AvgIpc) is 3.25. The van der Waals surface area contributed by atoms with Gasteiger partial charge in [0.1, 0.15) is 12.4 Å². The number of hydrogen-bond acceptors (Lipinski definition) is 5. The Balaban J connectivity index is 1.56. The average molecular weight is 473 g/mol. The smallest absolute Gasteiger partial charge is 0.421 e. The number of carbonyl (C=O) groups is 1. The van der Waals surface area contributed by atoms with Gasteiger partial charge >= 0.3 is 6.09 Å². The molecule has 166 valence electrons. The summed E-state index contributed by atoms with van der Waals surface area (Å²) in [5, 5.41) is 6.02. The third-order valence-electron chi connectivity index (χ3n) is 5.09. The van der Waals surface area contributed by atoms with Crippen molar-refractivity contribution in [2.45, 2.75) is 25.3 Å². The minimum Gasteiger partial charge on any atom is -0.444 e. The third-order valence-corrected chi connectivity index (χ3v) is 6.65. The fourth-order valence-corrected chi connectivity index (χ4v) is 4.58. The van der Waals surface area contributed by atoms with Crippen LogP contribution in [0.15, 0.2) is 59.6 Å². The lowest BCUT2D eigenvalue weighted by Gasteiger charge is -2.11. The Morgan fingerprint density at radius 2 is 1.84 bits per heavy atom. The summed E-state index contributed by atoms with van der Waals surface area (Å²) in [7, 11) is -2.25. The minimum absolute atomic E-state index is 0.0178. The van der Waals surface area contributed by atoms with E-state index in [9.17, 15) is 13.2 Å². The van der Waals surface area contributed by atoms with Gasteiger partial charge in [0.2, 0.25) is 0 Å². The number of rotatable bonds is 5. The van der Waals surface area contributed by atoms with Gasteiger partial charge in [-0.3, -0.25) is 4.68 Å². The number of nitrogens with one attached hydrogen (secondary N) is 1. The van der Waals surface area contributed by atoms with Crippen LogP contribution >= 0.6 is 11.6 Å². The molecule has 1 N–H and O–H groups in total. The van der Waals surface area contributed by atoms with Gasteiger partial charge in [-0.25, -0.2) is 17.9 Å². The predicted octanol–water partition coefficient (Wildman–Crippen LogP) is 4.25. The van der Waals surface area contributed by atoms with E-state index >= 15 is 0 Å². The highest BCUT2D eigenvalue weighted by atomic mass is 35.5. The fourth-order valence-electron chi connectivity index (χ4n) is 3.51. The Kier molecular flexibility index (Phi) is 5.70. The minimum atomic E-state index is -4.03. The number of aromatic nitrogens is 3. The second kappa shape index (κ2) is 8.33. The number of hydrogen-bond donors (Lipinski definition) is 1. The van der Waals surface area contributed by atoms with Crippen LogP contribution in [0.25, 0.3) is 16.7 Å². The number of nitrogens with zero attached hydrogens (tertiary/aromatic N) is 3. The van der Waals surface area contributed by atoms with Gasteiger partial charge in [0.15, 0.2) is 0 Å². The fraction of sp³-hybridized carbons (Fsp3) is 0.182. The van der Waals surface area contributed by atoms with Gasteiger partial charge in [0, 0.05) is 23.7 Å². The van der Waals surface area contributed by atoms with E-state index < -0.39 is 16.1 Å². The van der Waals surface area contributed by atoms with E-state index in [2.05, 4.69) is 5.10 Å². The van der Waals surface area contributed by atoms with Gasteiger partial charge in [0.05, 0.1) is 21.7 Å². The molecule has 0 saturated carbocycles. The van der Waals surface area contributed by atoms with Gasteiger partial charge in [-0.2, -0.15) is 5.10 Å². The van der Waals surface area contributed by atoms with Crippen LogP contribution in [0.5, 0.6) is 0 Å². The molecule has 2 aromatic heterocycles. The van der Waals surface area contributed by atoms with Gasteiger partial charge in [-0.05, 0) is 50.2 Å². The standard InChI is InChI=1S/C22H21ClN4O4S/c1-14-4-7-18(8-5-14)32(29,30)25-22(28)31-13-19-15(2)24-26(3)21(19)27-11-10-16-12-17(23)6-9-20(16)27/h4-12H,13H2,1-3H3,(H,25,28). The summed E-state index contributed by atoms with van der Waals surface area (Å²) in [4.78, 5) is 12.3. The van der Waals surface area contributed by atoms with Crippen LogP contribution in [0.1, 0.15) is 16.8 Å². The maximum Gasteiger partial charge on any atom is 0.421 e. The van der Waals surface area contributed by atoms with Crippen LogP contribution in [0.3, 0.4) is 0 Å². The predicted molar refractivity (Wildman–Crippen MR) is 121 cm³/mol. The second-order valence-electron chi connectivity index (χ2n) is 7.39. The summed E-state index contributed by atoms with van der Waals surface area (Å²) in [6, 6.07) is 13.6. The van der Waals surface area contributed by atoms with Crippen molar-refractivity contribution in [1.29, 1.82) is 0 Å². The lowest BCUT2D eigenvalue weighted by molar-refractivity contribution is 0.145. The van der Waals surface area contributed by atoms with Crippen LogP contribution in [0, 0.1) is 13.8 Å². The zero-order valence-electron chi connectivity index (χ0n) is 17.7. The first kappa shape index (κ1) is 21.9. The zero-order chi connectivity index (χ0) is 23.0. The molecule has 0 spiro atoms. The highest BCUT2D eigenvalue weighted by Crippen LogP contribution is 2.27.